The average Bonchev–Trinajstić information content (AvgIpc) is 3.38. The van der Waals surface area contributed by atoms with Crippen LogP contribution in [0.4, 0.5) is 0 Å². The normalized spacial score (nSPS) is 29.9. The predicted octanol–water partition coefficient (Wildman–Crippen LogP) is 4.83. The molecule has 0 saturated heterocycles. The Labute approximate surface area is 294 Å². The quantitative estimate of drug-likeness (QED) is 0.148. The van der Waals surface area contributed by atoms with Crippen LogP contribution in [-0.4, -0.2) is 64.3 Å². The van der Waals surface area contributed by atoms with Crippen LogP contribution in [-0.2, 0) is 35.3 Å². The minimum atomic E-state index is -1.56. The Morgan fingerprint density at radius 2 is 1.56 bits per heavy atom. The minimum Gasteiger partial charge on any atom is -0.478 e. The summed E-state index contributed by atoms with van der Waals surface area (Å²) in [5.74, 6) is -1.29. The molecule has 50 heavy (non-hydrogen) atoms. The van der Waals surface area contributed by atoms with Gasteiger partial charge in [0.15, 0.2) is 12.4 Å². The van der Waals surface area contributed by atoms with E-state index < -0.39 is 35.3 Å². The zero-order chi connectivity index (χ0) is 36.1. The van der Waals surface area contributed by atoms with Crippen LogP contribution in [0, 0.1) is 28.6 Å². The lowest BCUT2D eigenvalue weighted by Crippen LogP contribution is -2.58. The van der Waals surface area contributed by atoms with Gasteiger partial charge < -0.3 is 25.6 Å². The van der Waals surface area contributed by atoms with E-state index in [2.05, 4.69) is 17.6 Å². The van der Waals surface area contributed by atoms with Crippen LogP contribution < -0.4 is 10.6 Å². The van der Waals surface area contributed by atoms with Crippen molar-refractivity contribution < 1.29 is 43.7 Å². The Morgan fingerprint density at radius 1 is 0.840 bits per heavy atom. The van der Waals surface area contributed by atoms with Crippen molar-refractivity contribution in [3.8, 4) is 0 Å². The van der Waals surface area contributed by atoms with Gasteiger partial charge in [-0.05, 0) is 105 Å². The summed E-state index contributed by atoms with van der Waals surface area (Å²) in [6.45, 7) is 4.55. The number of ketones is 2. The van der Waals surface area contributed by atoms with E-state index >= 15 is 0 Å². The molecule has 3 fully saturated rings. The molecule has 5 rings (SSSR count). The first-order valence-corrected chi connectivity index (χ1v) is 18.3. The Morgan fingerprint density at radius 3 is 2.30 bits per heavy atom. The smallest absolute Gasteiger partial charge is 0.335 e. The molecule has 0 radical (unpaired) electrons. The highest BCUT2D eigenvalue weighted by molar-refractivity contribution is 5.92. The maximum atomic E-state index is 13.5. The third-order valence-corrected chi connectivity index (χ3v) is 12.6. The van der Waals surface area contributed by atoms with Crippen LogP contribution in [0.5, 0.6) is 0 Å². The fourth-order valence-corrected chi connectivity index (χ4v) is 9.54. The van der Waals surface area contributed by atoms with E-state index in [1.807, 2.05) is 13.0 Å². The standard InChI is InChI=1S/C39H52N2O9/c1-37-18-15-28(42)22-27(37)11-12-29-30(37)16-19-38(2)31(29)17-20-39(38,49)32(43)24-50-35(46)14-13-34(45)40-21-5-3-4-6-33(44)41-23-25-7-9-26(10-8-25)36(47)48/h7-10,22,29-31,49H,3-6,11-21,23-24H2,1-2H3,(H,40,45)(H,41,44)(H,47,48)/t29-,30-,31+,37+,38+,39+/m1/s1. The van der Waals surface area contributed by atoms with Crippen molar-refractivity contribution in [1.82, 2.24) is 10.6 Å². The van der Waals surface area contributed by atoms with Gasteiger partial charge in [-0.3, -0.25) is 24.0 Å². The number of Topliss-reactive ketones (excluding diaryl/α,β-unsaturated/α-hetero) is 1. The maximum absolute atomic E-state index is 13.5. The first-order chi connectivity index (χ1) is 23.8. The summed E-state index contributed by atoms with van der Waals surface area (Å²) in [5.41, 5.74) is 0.130. The molecule has 4 aliphatic carbocycles. The topological polar surface area (TPSA) is 176 Å². The van der Waals surface area contributed by atoms with Gasteiger partial charge >= 0.3 is 11.9 Å². The number of carbonyl (C=O) groups excluding carboxylic acids is 5. The second-order valence-corrected chi connectivity index (χ2v) is 15.3. The highest BCUT2D eigenvalue weighted by Crippen LogP contribution is 2.67. The number of hydrogen-bond acceptors (Lipinski definition) is 8. The Kier molecular flexibility index (Phi) is 11.7. The van der Waals surface area contributed by atoms with E-state index in [4.69, 9.17) is 9.84 Å². The number of aromatic carboxylic acids is 1. The SMILES string of the molecule is C[C@]12CCC(=O)C=C1CC[C@@H]1[C@H]2CC[C@@]2(C)[C@H]1CC[C@]2(O)C(=O)COC(=O)CCC(=O)NCCCCCC(=O)NCc1ccc(C(=O)O)cc1. The molecular formula is C39H52N2O9. The number of benzene rings is 1. The molecule has 0 spiro atoms. The summed E-state index contributed by atoms with van der Waals surface area (Å²) in [7, 11) is 0. The van der Waals surface area contributed by atoms with Crippen molar-refractivity contribution >= 4 is 35.3 Å². The first kappa shape index (κ1) is 37.4. The van der Waals surface area contributed by atoms with Crippen molar-refractivity contribution in [2.24, 2.45) is 28.6 Å². The predicted molar refractivity (Wildman–Crippen MR) is 184 cm³/mol. The van der Waals surface area contributed by atoms with Crippen LogP contribution in [0.15, 0.2) is 35.9 Å². The number of aliphatic hydroxyl groups is 1. The lowest BCUT2D eigenvalue weighted by molar-refractivity contribution is -0.170. The molecule has 4 aliphatic rings. The van der Waals surface area contributed by atoms with Gasteiger partial charge in [-0.1, -0.05) is 38.0 Å². The van der Waals surface area contributed by atoms with Crippen LogP contribution in [0.3, 0.4) is 0 Å². The van der Waals surface area contributed by atoms with Crippen molar-refractivity contribution in [2.75, 3.05) is 13.2 Å². The summed E-state index contributed by atoms with van der Waals surface area (Å²) in [6, 6.07) is 6.32. The van der Waals surface area contributed by atoms with Gasteiger partial charge in [0.1, 0.15) is 5.60 Å². The molecule has 6 atom stereocenters. The number of fused-ring (bicyclic) bond motifs is 5. The summed E-state index contributed by atoms with van der Waals surface area (Å²) < 4.78 is 5.27. The van der Waals surface area contributed by atoms with Crippen molar-refractivity contribution in [2.45, 2.75) is 116 Å². The van der Waals surface area contributed by atoms with E-state index in [1.165, 1.54) is 17.7 Å². The third kappa shape index (κ3) is 7.87. The number of amides is 2. The fraction of sp³-hybridized carbons (Fsp3) is 0.641. The molecule has 272 valence electrons. The molecule has 0 aliphatic heterocycles. The van der Waals surface area contributed by atoms with Gasteiger partial charge in [0.25, 0.3) is 0 Å². The monoisotopic (exact) mass is 692 g/mol. The average molecular weight is 693 g/mol. The zero-order valence-corrected chi connectivity index (χ0v) is 29.4. The number of esters is 1. The molecule has 2 amide bonds. The number of carbonyl (C=O) groups is 6. The minimum absolute atomic E-state index is 0.00594. The molecule has 11 heteroatoms. The van der Waals surface area contributed by atoms with Crippen molar-refractivity contribution in [3.63, 3.8) is 0 Å². The van der Waals surface area contributed by atoms with Crippen LogP contribution in [0.2, 0.25) is 0 Å². The lowest BCUT2D eigenvalue weighted by Gasteiger charge is -2.58. The number of ether oxygens (including phenoxy) is 1. The van der Waals surface area contributed by atoms with Gasteiger partial charge in [0.05, 0.1) is 12.0 Å². The van der Waals surface area contributed by atoms with Crippen LogP contribution >= 0.6 is 0 Å². The van der Waals surface area contributed by atoms with Crippen molar-refractivity contribution in [1.29, 1.82) is 0 Å². The van der Waals surface area contributed by atoms with Gasteiger partial charge in [0, 0.05) is 37.8 Å². The highest BCUT2D eigenvalue weighted by atomic mass is 16.5. The highest BCUT2D eigenvalue weighted by Gasteiger charge is 2.66. The molecule has 0 aromatic heterocycles. The van der Waals surface area contributed by atoms with Crippen LogP contribution in [0.25, 0.3) is 0 Å². The van der Waals surface area contributed by atoms with Crippen molar-refractivity contribution in [3.05, 3.63) is 47.0 Å². The van der Waals surface area contributed by atoms with E-state index in [-0.39, 0.29) is 47.3 Å². The number of rotatable bonds is 15. The number of unbranched alkanes of at least 4 members (excludes halogenated alkanes) is 2. The van der Waals surface area contributed by atoms with Gasteiger partial charge in [-0.15, -0.1) is 0 Å². The molecule has 0 unspecified atom stereocenters. The number of carboxylic acids is 1. The summed E-state index contributed by atoms with van der Waals surface area (Å²) in [6.07, 6.45) is 10.0. The van der Waals surface area contributed by atoms with Gasteiger partial charge in [-0.2, -0.15) is 0 Å². The van der Waals surface area contributed by atoms with E-state index in [0.29, 0.717) is 63.5 Å². The Balaban J connectivity index is 0.959. The number of carboxylic acid groups (broad SMARTS) is 1. The lowest BCUT2D eigenvalue weighted by atomic mass is 9.46. The van der Waals surface area contributed by atoms with Crippen LogP contribution in [0.1, 0.15) is 120 Å². The largest absolute Gasteiger partial charge is 0.478 e. The van der Waals surface area contributed by atoms with Gasteiger partial charge in [-0.25, -0.2) is 4.79 Å². The molecule has 0 bridgehead atoms. The van der Waals surface area contributed by atoms with E-state index in [0.717, 1.165) is 44.1 Å². The van der Waals surface area contributed by atoms with E-state index in [9.17, 15) is 33.9 Å². The van der Waals surface area contributed by atoms with E-state index in [1.54, 1.807) is 12.1 Å². The number of allylic oxidation sites excluding steroid dienone is 1. The second kappa shape index (κ2) is 15.6. The fourth-order valence-electron chi connectivity index (χ4n) is 9.54. The third-order valence-electron chi connectivity index (χ3n) is 12.6. The molecule has 0 heterocycles. The molecular weight excluding hydrogens is 640 g/mol. The summed E-state index contributed by atoms with van der Waals surface area (Å²) in [4.78, 5) is 73.3. The van der Waals surface area contributed by atoms with Gasteiger partial charge in [0.2, 0.25) is 17.6 Å². The molecule has 3 saturated carbocycles. The maximum Gasteiger partial charge on any atom is 0.335 e. The summed E-state index contributed by atoms with van der Waals surface area (Å²) in [5, 5.41) is 26.4. The Bertz CT molecular complexity index is 1520. The molecule has 4 N–H and O–H groups in total. The molecule has 11 nitrogen and oxygen atoms in total. The molecule has 1 aromatic rings. The summed E-state index contributed by atoms with van der Waals surface area (Å²) >= 11 is 0. The Hall–Kier alpha value is -3.86. The second-order valence-electron chi connectivity index (χ2n) is 15.3. The number of hydrogen-bond donors (Lipinski definition) is 4. The number of nitrogens with one attached hydrogen (secondary N) is 2. The first-order valence-electron chi connectivity index (χ1n) is 18.3. The zero-order valence-electron chi connectivity index (χ0n) is 29.4. The molecule has 1 aromatic carbocycles.